The number of carbonyl (C=O) groups is 1. The first-order chi connectivity index (χ1) is 12.1. The number of methoxy groups -OCH3 is 1. The molecule has 0 N–H and O–H groups in total. The molecule has 0 aliphatic carbocycles. The van der Waals surface area contributed by atoms with Gasteiger partial charge in [-0.15, -0.1) is 0 Å². The predicted molar refractivity (Wildman–Crippen MR) is 94.8 cm³/mol. The van der Waals surface area contributed by atoms with Gasteiger partial charge in [-0.05, 0) is 36.4 Å². The third-order valence-electron chi connectivity index (χ3n) is 4.61. The van der Waals surface area contributed by atoms with Crippen molar-refractivity contribution < 1.29 is 9.53 Å². The number of para-hydroxylation sites is 1. The number of nitrogens with zero attached hydrogens (tertiary/aromatic N) is 3. The van der Waals surface area contributed by atoms with Gasteiger partial charge in [-0.25, -0.2) is 4.98 Å². The van der Waals surface area contributed by atoms with Gasteiger partial charge in [0.15, 0.2) is 0 Å². The molecule has 126 valence electrons. The van der Waals surface area contributed by atoms with Crippen molar-refractivity contribution in [3.8, 4) is 5.75 Å². The van der Waals surface area contributed by atoms with Crippen molar-refractivity contribution in [1.29, 1.82) is 0 Å². The van der Waals surface area contributed by atoms with Crippen molar-refractivity contribution in [2.45, 2.75) is 12.5 Å². The number of fused-ring (bicyclic) bond motifs is 1. The van der Waals surface area contributed by atoms with Crippen LogP contribution in [-0.4, -0.2) is 22.6 Å². The summed E-state index contributed by atoms with van der Waals surface area (Å²) < 4.78 is 6.70. The van der Waals surface area contributed by atoms with Crippen molar-refractivity contribution >= 4 is 22.5 Å². The molecule has 1 fully saturated rings. The van der Waals surface area contributed by atoms with E-state index in [9.17, 15) is 9.59 Å². The van der Waals surface area contributed by atoms with E-state index in [2.05, 4.69) is 4.98 Å². The molecule has 6 nitrogen and oxygen atoms in total. The van der Waals surface area contributed by atoms with Crippen LogP contribution in [0.2, 0.25) is 0 Å². The van der Waals surface area contributed by atoms with Crippen LogP contribution in [0, 0.1) is 0 Å². The highest BCUT2D eigenvalue weighted by atomic mass is 16.5. The zero-order chi connectivity index (χ0) is 17.6. The Morgan fingerprint density at radius 2 is 1.80 bits per heavy atom. The molecular weight excluding hydrogens is 318 g/mol. The Labute approximate surface area is 144 Å². The molecule has 2 aromatic carbocycles. The largest absolute Gasteiger partial charge is 0.497 e. The lowest BCUT2D eigenvalue weighted by Crippen LogP contribution is -2.48. The highest BCUT2D eigenvalue weighted by Crippen LogP contribution is 2.38. The van der Waals surface area contributed by atoms with Gasteiger partial charge in [0.05, 0.1) is 24.4 Å². The molecule has 6 heteroatoms. The van der Waals surface area contributed by atoms with Crippen molar-refractivity contribution in [3.05, 3.63) is 64.7 Å². The molecule has 0 radical (unpaired) electrons. The molecular formula is C19H17N3O3. The number of rotatable bonds is 3. The molecule has 1 atom stereocenters. The van der Waals surface area contributed by atoms with Crippen molar-refractivity contribution in [3.63, 3.8) is 0 Å². The smallest absolute Gasteiger partial charge is 0.261 e. The van der Waals surface area contributed by atoms with Crippen LogP contribution in [0.4, 0.5) is 5.69 Å². The Bertz CT molecular complexity index is 1020. The number of carbonyl (C=O) groups excluding carboxylic acids is 1. The fraction of sp³-hybridized carbons (Fsp3) is 0.211. The van der Waals surface area contributed by atoms with Crippen molar-refractivity contribution in [1.82, 2.24) is 9.55 Å². The Balaban J connectivity index is 1.78. The van der Waals surface area contributed by atoms with Gasteiger partial charge in [0.25, 0.3) is 5.56 Å². The number of β-lactam (4-membered cyclic amide) rings is 1. The van der Waals surface area contributed by atoms with Gasteiger partial charge in [0.1, 0.15) is 17.6 Å². The Kier molecular flexibility index (Phi) is 3.53. The lowest BCUT2D eigenvalue weighted by molar-refractivity contribution is -0.124. The topological polar surface area (TPSA) is 64.4 Å². The summed E-state index contributed by atoms with van der Waals surface area (Å²) in [6, 6.07) is 14.3. The minimum absolute atomic E-state index is 0.0116. The van der Waals surface area contributed by atoms with Crippen LogP contribution in [0.1, 0.15) is 18.3 Å². The summed E-state index contributed by atoms with van der Waals surface area (Å²) in [6.45, 7) is 0. The normalized spacial score (nSPS) is 16.8. The van der Waals surface area contributed by atoms with E-state index >= 15 is 0 Å². The molecule has 25 heavy (non-hydrogen) atoms. The number of hydrogen-bond donors (Lipinski definition) is 0. The van der Waals surface area contributed by atoms with E-state index in [0.29, 0.717) is 23.1 Å². The molecule has 1 aromatic heterocycles. The van der Waals surface area contributed by atoms with E-state index in [1.165, 1.54) is 4.57 Å². The average Bonchev–Trinajstić information content (AvgIpc) is 2.63. The molecule has 1 aliphatic heterocycles. The summed E-state index contributed by atoms with van der Waals surface area (Å²) in [4.78, 5) is 31.1. The Hall–Kier alpha value is -3.15. The molecule has 0 bridgehead atoms. The number of amides is 1. The maximum atomic E-state index is 12.6. The third-order valence-corrected chi connectivity index (χ3v) is 4.61. The maximum absolute atomic E-state index is 12.6. The van der Waals surface area contributed by atoms with Gasteiger partial charge in [-0.3, -0.25) is 14.2 Å². The fourth-order valence-corrected chi connectivity index (χ4v) is 3.22. The molecule has 0 spiro atoms. The van der Waals surface area contributed by atoms with Gasteiger partial charge >= 0.3 is 0 Å². The van der Waals surface area contributed by atoms with E-state index in [0.717, 1.165) is 11.4 Å². The first-order valence-corrected chi connectivity index (χ1v) is 8.02. The highest BCUT2D eigenvalue weighted by Gasteiger charge is 2.40. The van der Waals surface area contributed by atoms with E-state index in [1.54, 1.807) is 25.1 Å². The van der Waals surface area contributed by atoms with E-state index in [4.69, 9.17) is 4.74 Å². The van der Waals surface area contributed by atoms with Gasteiger partial charge in [-0.1, -0.05) is 12.1 Å². The molecule has 1 saturated heterocycles. The first kappa shape index (κ1) is 15.4. The molecule has 4 rings (SSSR count). The molecule has 1 amide bonds. The van der Waals surface area contributed by atoms with Crippen molar-refractivity contribution in [2.24, 2.45) is 7.05 Å². The van der Waals surface area contributed by atoms with E-state index in [1.807, 2.05) is 42.5 Å². The zero-order valence-corrected chi connectivity index (χ0v) is 14.0. The summed E-state index contributed by atoms with van der Waals surface area (Å²) in [6.07, 6.45) is 0.338. The summed E-state index contributed by atoms with van der Waals surface area (Å²) >= 11 is 0. The fourth-order valence-electron chi connectivity index (χ4n) is 3.22. The lowest BCUT2D eigenvalue weighted by Gasteiger charge is -2.40. The van der Waals surface area contributed by atoms with Crippen LogP contribution in [0.25, 0.3) is 10.9 Å². The van der Waals surface area contributed by atoms with Crippen LogP contribution < -0.4 is 15.2 Å². The van der Waals surface area contributed by atoms with E-state index in [-0.39, 0.29) is 17.5 Å². The predicted octanol–water partition coefficient (Wildman–Crippen LogP) is 2.42. The summed E-state index contributed by atoms with van der Waals surface area (Å²) in [5.41, 5.74) is 1.31. The highest BCUT2D eigenvalue weighted by molar-refractivity contribution is 6.01. The monoisotopic (exact) mass is 335 g/mol. The van der Waals surface area contributed by atoms with Crippen molar-refractivity contribution in [2.75, 3.05) is 12.0 Å². The number of hydrogen-bond acceptors (Lipinski definition) is 4. The van der Waals surface area contributed by atoms with Gasteiger partial charge in [0, 0.05) is 12.7 Å². The van der Waals surface area contributed by atoms with Gasteiger partial charge in [0.2, 0.25) is 5.91 Å². The van der Waals surface area contributed by atoms with E-state index < -0.39 is 0 Å². The number of benzene rings is 2. The molecule has 2 heterocycles. The van der Waals surface area contributed by atoms with Crippen LogP contribution in [0.5, 0.6) is 5.75 Å². The van der Waals surface area contributed by atoms with Crippen LogP contribution in [0.3, 0.4) is 0 Å². The van der Waals surface area contributed by atoms with Gasteiger partial charge < -0.3 is 9.64 Å². The second-order valence-corrected chi connectivity index (χ2v) is 6.03. The number of aromatic nitrogens is 2. The second kappa shape index (κ2) is 5.73. The number of ether oxygens (including phenoxy) is 1. The second-order valence-electron chi connectivity index (χ2n) is 6.03. The maximum Gasteiger partial charge on any atom is 0.261 e. The van der Waals surface area contributed by atoms with Crippen LogP contribution in [0.15, 0.2) is 53.3 Å². The number of anilines is 1. The SMILES string of the molecule is COc1ccc(N2C(=O)CC2c2nc3ccccc3c(=O)n2C)cc1. The minimum Gasteiger partial charge on any atom is -0.497 e. The van der Waals surface area contributed by atoms with Crippen LogP contribution >= 0.6 is 0 Å². The summed E-state index contributed by atoms with van der Waals surface area (Å²) in [5.74, 6) is 1.33. The lowest BCUT2D eigenvalue weighted by atomic mass is 9.99. The zero-order valence-electron chi connectivity index (χ0n) is 14.0. The summed E-state index contributed by atoms with van der Waals surface area (Å²) in [5, 5.41) is 0.579. The van der Waals surface area contributed by atoms with Crippen LogP contribution in [-0.2, 0) is 11.8 Å². The average molecular weight is 335 g/mol. The molecule has 3 aromatic rings. The molecule has 0 saturated carbocycles. The molecule has 1 aliphatic rings. The summed E-state index contributed by atoms with van der Waals surface area (Å²) in [7, 11) is 3.30. The standard InChI is InChI=1S/C19H17N3O3/c1-21-18(20-15-6-4-3-5-14(15)19(21)24)16-11-17(23)22(16)12-7-9-13(25-2)10-8-12/h3-10,16H,11H2,1-2H3. The Morgan fingerprint density at radius 1 is 1.08 bits per heavy atom. The minimum atomic E-state index is -0.247. The first-order valence-electron chi connectivity index (χ1n) is 8.02. The quantitative estimate of drug-likeness (QED) is 0.690. The van der Waals surface area contributed by atoms with Gasteiger partial charge in [-0.2, -0.15) is 0 Å². The molecule has 1 unspecified atom stereocenters. The Morgan fingerprint density at radius 3 is 2.48 bits per heavy atom. The third kappa shape index (κ3) is 2.38.